The number of phosphoric ester groups is 1. The van der Waals surface area contributed by atoms with Crippen LogP contribution in [0.2, 0.25) is 0 Å². The topological polar surface area (TPSA) is 128 Å². The molecule has 0 aliphatic heterocycles. The summed E-state index contributed by atoms with van der Waals surface area (Å²) in [6, 6.07) is 6.86. The number of carbonyl (C=O) groups is 1. The first-order valence-corrected chi connectivity index (χ1v) is 10.1. The van der Waals surface area contributed by atoms with Gasteiger partial charge in [0, 0.05) is 17.0 Å². The van der Waals surface area contributed by atoms with Crippen LogP contribution >= 0.6 is 19.2 Å². The summed E-state index contributed by atoms with van der Waals surface area (Å²) in [5.74, 6) is -0.355. The number of carbonyl (C=O) groups excluding carboxylic acids is 1. The number of hydrogen-bond donors (Lipinski definition) is 1. The van der Waals surface area contributed by atoms with Crippen molar-refractivity contribution in [2.45, 2.75) is 26.2 Å². The van der Waals surface area contributed by atoms with Crippen LogP contribution in [0.4, 0.5) is 0 Å². The standard InChI is InChI=1S/C16H17N2O6PS.2Na/c1-2-14(19)12-8-26-16(17-12)15(20)11-7-18(9-24-25(21,22)23)13-6-4-3-5-10(11)13;;/h3-8,14,19H,2,9H2,1H3,(H2,21,22,23);;/q;2*+1/p-2/t14-;;/m0../s1. The Bertz CT molecular complexity index is 1000. The van der Waals surface area contributed by atoms with Gasteiger partial charge in [-0.25, -0.2) is 4.98 Å². The Balaban J connectivity index is 0.00000196. The average molecular weight is 440 g/mol. The molecule has 8 nitrogen and oxygen atoms in total. The minimum atomic E-state index is -5.14. The summed E-state index contributed by atoms with van der Waals surface area (Å²) in [5, 5.41) is 12.3. The second kappa shape index (κ2) is 10.9. The third-order valence-electron chi connectivity index (χ3n) is 3.83. The van der Waals surface area contributed by atoms with Crippen molar-refractivity contribution in [3.8, 4) is 0 Å². The molecule has 0 radical (unpaired) electrons. The van der Waals surface area contributed by atoms with Gasteiger partial charge in [-0.05, 0) is 12.5 Å². The molecule has 0 fully saturated rings. The number of aliphatic hydroxyl groups is 1. The molecule has 0 spiro atoms. The number of aliphatic hydroxyl groups excluding tert-OH is 1. The number of fused-ring (bicyclic) bond motifs is 1. The van der Waals surface area contributed by atoms with E-state index in [1.54, 1.807) is 29.6 Å². The van der Waals surface area contributed by atoms with Crippen LogP contribution < -0.4 is 68.9 Å². The van der Waals surface area contributed by atoms with Crippen LogP contribution in [0.5, 0.6) is 0 Å². The maximum absolute atomic E-state index is 12.8. The van der Waals surface area contributed by atoms with Crippen LogP contribution in [0.25, 0.3) is 10.9 Å². The largest absolute Gasteiger partial charge is 1.00 e. The predicted molar refractivity (Wildman–Crippen MR) is 91.4 cm³/mol. The Labute approximate surface area is 209 Å². The first-order valence-electron chi connectivity index (χ1n) is 7.73. The van der Waals surface area contributed by atoms with Gasteiger partial charge in [0.2, 0.25) is 5.78 Å². The molecule has 2 heterocycles. The van der Waals surface area contributed by atoms with Crippen LogP contribution in [0, 0.1) is 0 Å². The van der Waals surface area contributed by atoms with Gasteiger partial charge in [-0.1, -0.05) is 25.1 Å². The summed E-state index contributed by atoms with van der Waals surface area (Å²) < 4.78 is 16.4. The normalized spacial score (nSPS) is 12.3. The van der Waals surface area contributed by atoms with Crippen molar-refractivity contribution in [3.63, 3.8) is 0 Å². The second-order valence-electron chi connectivity index (χ2n) is 5.57. The van der Waals surface area contributed by atoms with Gasteiger partial charge in [0.1, 0.15) is 6.73 Å². The molecule has 1 aromatic carbocycles. The van der Waals surface area contributed by atoms with E-state index in [2.05, 4.69) is 9.51 Å². The Morgan fingerprint density at radius 2 is 2.04 bits per heavy atom. The summed E-state index contributed by atoms with van der Waals surface area (Å²) in [6.45, 7) is 1.29. The number of rotatable bonds is 7. The van der Waals surface area contributed by atoms with Gasteiger partial charge in [-0.2, -0.15) is 0 Å². The van der Waals surface area contributed by atoms with Crippen molar-refractivity contribution >= 4 is 35.8 Å². The van der Waals surface area contributed by atoms with Gasteiger partial charge in [-0.3, -0.25) is 4.79 Å². The molecule has 3 rings (SSSR count). The summed E-state index contributed by atoms with van der Waals surface area (Å²) in [7, 11) is -5.14. The fraction of sp³-hybridized carbons (Fsp3) is 0.250. The molecule has 0 saturated carbocycles. The van der Waals surface area contributed by atoms with Gasteiger partial charge in [0.05, 0.1) is 30.7 Å². The van der Waals surface area contributed by atoms with E-state index in [-0.39, 0.29) is 69.9 Å². The summed E-state index contributed by atoms with van der Waals surface area (Å²) in [4.78, 5) is 38.5. The molecule has 0 bridgehead atoms. The molecule has 28 heavy (non-hydrogen) atoms. The fourth-order valence-electron chi connectivity index (χ4n) is 2.54. The summed E-state index contributed by atoms with van der Waals surface area (Å²) in [5.41, 5.74) is 1.30. The van der Waals surface area contributed by atoms with Gasteiger partial charge in [0.15, 0.2) is 5.01 Å². The van der Waals surface area contributed by atoms with E-state index in [1.165, 1.54) is 10.8 Å². The van der Waals surface area contributed by atoms with E-state index in [0.717, 1.165) is 11.3 Å². The molecule has 0 amide bonds. The molecule has 0 aliphatic carbocycles. The Morgan fingerprint density at radius 1 is 1.36 bits per heavy atom. The average Bonchev–Trinajstić information content (AvgIpc) is 3.23. The van der Waals surface area contributed by atoms with Gasteiger partial charge in [0.25, 0.3) is 0 Å². The number of phosphoric acid groups is 1. The van der Waals surface area contributed by atoms with Crippen molar-refractivity contribution in [1.82, 2.24) is 9.55 Å². The molecular formula is C16H15N2Na2O6PS. The number of ketones is 1. The molecule has 138 valence electrons. The minimum absolute atomic E-state index is 0. The molecule has 0 aliphatic rings. The van der Waals surface area contributed by atoms with E-state index in [1.807, 2.05) is 6.92 Å². The first kappa shape index (κ1) is 26.2. The van der Waals surface area contributed by atoms with E-state index in [9.17, 15) is 24.3 Å². The number of hydrogen-bond acceptors (Lipinski definition) is 8. The van der Waals surface area contributed by atoms with E-state index in [0.29, 0.717) is 28.6 Å². The zero-order valence-corrected chi connectivity index (χ0v) is 21.4. The first-order chi connectivity index (χ1) is 12.3. The zero-order chi connectivity index (χ0) is 18.9. The van der Waals surface area contributed by atoms with Crippen molar-refractivity contribution in [2.75, 3.05) is 0 Å². The van der Waals surface area contributed by atoms with Crippen LogP contribution in [0.3, 0.4) is 0 Å². The summed E-state index contributed by atoms with van der Waals surface area (Å²) in [6.07, 6.45) is 1.18. The molecular weight excluding hydrogens is 425 g/mol. The van der Waals surface area contributed by atoms with Crippen LogP contribution in [0.15, 0.2) is 35.8 Å². The van der Waals surface area contributed by atoms with Crippen LogP contribution in [0.1, 0.15) is 40.5 Å². The van der Waals surface area contributed by atoms with E-state index in [4.69, 9.17) is 0 Å². The number of aromatic nitrogens is 2. The van der Waals surface area contributed by atoms with Gasteiger partial charge < -0.3 is 28.5 Å². The third kappa shape index (κ3) is 6.07. The molecule has 2 aromatic heterocycles. The van der Waals surface area contributed by atoms with Crippen molar-refractivity contribution in [3.05, 3.63) is 52.1 Å². The molecule has 3 aromatic rings. The smallest absolute Gasteiger partial charge is 0.790 e. The number of para-hydroxylation sites is 1. The van der Waals surface area contributed by atoms with E-state index < -0.39 is 20.7 Å². The Hall–Kier alpha value is 0.130. The number of benzene rings is 1. The third-order valence-corrected chi connectivity index (χ3v) is 5.12. The quantitative estimate of drug-likeness (QED) is 0.223. The summed E-state index contributed by atoms with van der Waals surface area (Å²) >= 11 is 1.13. The van der Waals surface area contributed by atoms with Crippen LogP contribution in [-0.4, -0.2) is 20.4 Å². The molecule has 1 N–H and O–H groups in total. The zero-order valence-electron chi connectivity index (χ0n) is 15.7. The second-order valence-corrected chi connectivity index (χ2v) is 7.58. The Kier molecular flexibility index (Phi) is 10.2. The van der Waals surface area contributed by atoms with E-state index >= 15 is 0 Å². The monoisotopic (exact) mass is 440 g/mol. The van der Waals surface area contributed by atoms with Crippen molar-refractivity contribution in [2.24, 2.45) is 0 Å². The van der Waals surface area contributed by atoms with Crippen molar-refractivity contribution in [1.29, 1.82) is 0 Å². The molecule has 0 saturated heterocycles. The van der Waals surface area contributed by atoms with Gasteiger partial charge >= 0.3 is 59.1 Å². The number of nitrogens with zero attached hydrogens (tertiary/aromatic N) is 2. The fourth-order valence-corrected chi connectivity index (χ4v) is 3.62. The number of thiazole rings is 1. The minimum Gasteiger partial charge on any atom is -0.790 e. The Morgan fingerprint density at radius 3 is 2.68 bits per heavy atom. The van der Waals surface area contributed by atoms with Gasteiger partial charge in [-0.15, -0.1) is 11.3 Å². The SMILES string of the molecule is CC[C@H](O)c1csc(C(=O)c2cn(COP(=O)([O-])[O-])c3ccccc23)n1.[Na+].[Na+]. The van der Waals surface area contributed by atoms with Crippen molar-refractivity contribution < 1.29 is 87.9 Å². The maximum Gasteiger partial charge on any atom is 1.00 e. The maximum atomic E-state index is 12.8. The molecule has 1 atom stereocenters. The predicted octanol–water partition coefficient (Wildman–Crippen LogP) is -4.42. The van der Waals surface area contributed by atoms with Crippen LogP contribution in [-0.2, 0) is 15.8 Å². The molecule has 12 heteroatoms. The molecule has 0 unspecified atom stereocenters.